The van der Waals surface area contributed by atoms with Gasteiger partial charge in [0.2, 0.25) is 0 Å². The Morgan fingerprint density at radius 2 is 1.58 bits per heavy atom. The number of hydrogen-bond donors (Lipinski definition) is 1. The van der Waals surface area contributed by atoms with E-state index in [0.29, 0.717) is 23.0 Å². The average molecular weight is 359 g/mol. The van der Waals surface area contributed by atoms with Gasteiger partial charge in [0.25, 0.3) is 5.91 Å². The number of hydrogen-bond acceptors (Lipinski definition) is 5. The summed E-state index contributed by atoms with van der Waals surface area (Å²) in [5.74, 6) is 2.30. The van der Waals surface area contributed by atoms with Gasteiger partial charge in [0, 0.05) is 6.07 Å². The summed E-state index contributed by atoms with van der Waals surface area (Å²) >= 11 is 0. The zero-order chi connectivity index (χ0) is 19.1. The molecule has 0 aliphatic heterocycles. The fraction of sp³-hybridized carbons (Fsp3) is 0.350. The summed E-state index contributed by atoms with van der Waals surface area (Å²) in [6.07, 6.45) is -0.648. The van der Waals surface area contributed by atoms with Gasteiger partial charge in [-0.3, -0.25) is 4.79 Å². The first-order chi connectivity index (χ1) is 12.5. The Kier molecular flexibility index (Phi) is 6.72. The number of rotatable bonds is 8. The second kappa shape index (κ2) is 8.99. The van der Waals surface area contributed by atoms with Gasteiger partial charge < -0.3 is 24.3 Å². The predicted octanol–water partition coefficient (Wildman–Crippen LogP) is 3.36. The van der Waals surface area contributed by atoms with Gasteiger partial charge in [-0.05, 0) is 43.7 Å². The first-order valence-corrected chi connectivity index (χ1v) is 8.31. The zero-order valence-corrected chi connectivity index (χ0v) is 15.7. The van der Waals surface area contributed by atoms with Crippen LogP contribution in [0.15, 0.2) is 42.5 Å². The van der Waals surface area contributed by atoms with Crippen LogP contribution in [-0.4, -0.2) is 33.3 Å². The molecule has 0 aliphatic rings. The Bertz CT molecular complexity index is 747. The Morgan fingerprint density at radius 1 is 0.885 bits per heavy atom. The van der Waals surface area contributed by atoms with Gasteiger partial charge in [-0.25, -0.2) is 0 Å². The first kappa shape index (κ1) is 19.4. The van der Waals surface area contributed by atoms with Crippen molar-refractivity contribution in [2.24, 2.45) is 0 Å². The third-order valence-electron chi connectivity index (χ3n) is 3.99. The van der Waals surface area contributed by atoms with Crippen molar-refractivity contribution in [2.45, 2.75) is 26.0 Å². The summed E-state index contributed by atoms with van der Waals surface area (Å²) < 4.78 is 21.4. The van der Waals surface area contributed by atoms with Gasteiger partial charge in [0.15, 0.2) is 17.6 Å². The number of carbonyl (C=O) groups excluding carboxylic acids is 1. The zero-order valence-electron chi connectivity index (χ0n) is 15.7. The SMILES string of the molecule is COc1cccc(O[C@@H](C)C(=O)N[C@@H](C)c2ccc(OC)c(OC)c2)c1. The average Bonchev–Trinajstić information content (AvgIpc) is 2.67. The third kappa shape index (κ3) is 4.81. The summed E-state index contributed by atoms with van der Waals surface area (Å²) in [5.41, 5.74) is 0.907. The summed E-state index contributed by atoms with van der Waals surface area (Å²) in [6.45, 7) is 3.60. The molecule has 2 aromatic carbocycles. The lowest BCUT2D eigenvalue weighted by molar-refractivity contribution is -0.127. The Balaban J connectivity index is 2.01. The molecule has 0 saturated heterocycles. The molecule has 0 bridgehead atoms. The second-order valence-corrected chi connectivity index (χ2v) is 5.78. The molecule has 6 heteroatoms. The number of benzene rings is 2. The van der Waals surface area contributed by atoms with Crippen LogP contribution in [-0.2, 0) is 4.79 Å². The van der Waals surface area contributed by atoms with E-state index in [1.54, 1.807) is 40.4 Å². The summed E-state index contributed by atoms with van der Waals surface area (Å²) in [5, 5.41) is 2.94. The van der Waals surface area contributed by atoms with E-state index >= 15 is 0 Å². The molecule has 0 unspecified atom stereocenters. The smallest absolute Gasteiger partial charge is 0.261 e. The molecule has 0 aliphatic carbocycles. The van der Waals surface area contributed by atoms with Gasteiger partial charge in [0.1, 0.15) is 11.5 Å². The highest BCUT2D eigenvalue weighted by molar-refractivity contribution is 5.81. The highest BCUT2D eigenvalue weighted by Crippen LogP contribution is 2.30. The molecule has 6 nitrogen and oxygen atoms in total. The van der Waals surface area contributed by atoms with Crippen LogP contribution < -0.4 is 24.3 Å². The van der Waals surface area contributed by atoms with Crippen molar-refractivity contribution in [3.05, 3.63) is 48.0 Å². The first-order valence-electron chi connectivity index (χ1n) is 8.31. The molecule has 0 spiro atoms. The van der Waals surface area contributed by atoms with E-state index in [2.05, 4.69) is 5.32 Å². The maximum absolute atomic E-state index is 12.4. The lowest BCUT2D eigenvalue weighted by atomic mass is 10.1. The van der Waals surface area contributed by atoms with Crippen LogP contribution in [0.3, 0.4) is 0 Å². The van der Waals surface area contributed by atoms with Crippen LogP contribution in [0.4, 0.5) is 0 Å². The summed E-state index contributed by atoms with van der Waals surface area (Å²) in [6, 6.07) is 12.5. The largest absolute Gasteiger partial charge is 0.497 e. The van der Waals surface area contributed by atoms with E-state index in [1.807, 2.05) is 37.3 Å². The maximum Gasteiger partial charge on any atom is 0.261 e. The number of ether oxygens (including phenoxy) is 4. The van der Waals surface area contributed by atoms with Gasteiger partial charge in [-0.1, -0.05) is 12.1 Å². The molecule has 2 atom stereocenters. The second-order valence-electron chi connectivity index (χ2n) is 5.78. The lowest BCUT2D eigenvalue weighted by Gasteiger charge is -2.20. The van der Waals surface area contributed by atoms with Crippen LogP contribution >= 0.6 is 0 Å². The number of amides is 1. The van der Waals surface area contributed by atoms with Crippen molar-refractivity contribution in [2.75, 3.05) is 21.3 Å². The van der Waals surface area contributed by atoms with Gasteiger partial charge in [0.05, 0.1) is 27.4 Å². The van der Waals surface area contributed by atoms with E-state index in [0.717, 1.165) is 5.56 Å². The third-order valence-corrected chi connectivity index (χ3v) is 3.99. The van der Waals surface area contributed by atoms with Crippen LogP contribution in [0.2, 0.25) is 0 Å². The normalized spacial score (nSPS) is 12.7. The van der Waals surface area contributed by atoms with E-state index in [9.17, 15) is 4.79 Å². The molecular formula is C20H25NO5. The van der Waals surface area contributed by atoms with Crippen molar-refractivity contribution in [3.8, 4) is 23.0 Å². The van der Waals surface area contributed by atoms with Crippen molar-refractivity contribution < 1.29 is 23.7 Å². The van der Waals surface area contributed by atoms with Crippen LogP contribution in [0, 0.1) is 0 Å². The highest BCUT2D eigenvalue weighted by atomic mass is 16.5. The molecule has 0 saturated carbocycles. The minimum absolute atomic E-state index is 0.210. The summed E-state index contributed by atoms with van der Waals surface area (Å²) in [4.78, 5) is 12.4. The van der Waals surface area contributed by atoms with Crippen molar-refractivity contribution in [1.82, 2.24) is 5.32 Å². The molecule has 2 aromatic rings. The fourth-order valence-corrected chi connectivity index (χ4v) is 2.47. The van der Waals surface area contributed by atoms with Crippen LogP contribution in [0.5, 0.6) is 23.0 Å². The van der Waals surface area contributed by atoms with E-state index in [4.69, 9.17) is 18.9 Å². The lowest BCUT2D eigenvalue weighted by Crippen LogP contribution is -2.37. The van der Waals surface area contributed by atoms with Crippen LogP contribution in [0.1, 0.15) is 25.5 Å². The fourth-order valence-electron chi connectivity index (χ4n) is 2.47. The van der Waals surface area contributed by atoms with Gasteiger partial charge in [-0.15, -0.1) is 0 Å². The molecule has 140 valence electrons. The Morgan fingerprint density at radius 3 is 2.23 bits per heavy atom. The standard InChI is InChI=1S/C20H25NO5/c1-13(15-9-10-18(24-4)19(11-15)25-5)21-20(22)14(2)26-17-8-6-7-16(12-17)23-3/h6-14H,1-5H3,(H,21,22)/t13-,14-/m0/s1. The molecule has 1 amide bonds. The molecular weight excluding hydrogens is 334 g/mol. The number of nitrogens with one attached hydrogen (secondary N) is 1. The van der Waals surface area contributed by atoms with Gasteiger partial charge in [-0.2, -0.15) is 0 Å². The quantitative estimate of drug-likeness (QED) is 0.783. The minimum atomic E-state index is -0.648. The Hall–Kier alpha value is -2.89. The highest BCUT2D eigenvalue weighted by Gasteiger charge is 2.19. The van der Waals surface area contributed by atoms with Crippen molar-refractivity contribution in [3.63, 3.8) is 0 Å². The molecule has 0 fully saturated rings. The van der Waals surface area contributed by atoms with E-state index < -0.39 is 6.10 Å². The Labute approximate surface area is 154 Å². The minimum Gasteiger partial charge on any atom is -0.497 e. The van der Waals surface area contributed by atoms with E-state index in [1.165, 1.54) is 0 Å². The molecule has 0 aromatic heterocycles. The monoisotopic (exact) mass is 359 g/mol. The molecule has 1 N–H and O–H groups in total. The van der Waals surface area contributed by atoms with Crippen molar-refractivity contribution in [1.29, 1.82) is 0 Å². The maximum atomic E-state index is 12.4. The van der Waals surface area contributed by atoms with Gasteiger partial charge >= 0.3 is 0 Å². The summed E-state index contributed by atoms with van der Waals surface area (Å²) in [7, 11) is 4.75. The molecule has 0 heterocycles. The van der Waals surface area contributed by atoms with E-state index in [-0.39, 0.29) is 11.9 Å². The number of methoxy groups -OCH3 is 3. The molecule has 0 radical (unpaired) electrons. The topological polar surface area (TPSA) is 66.0 Å². The van der Waals surface area contributed by atoms with Crippen molar-refractivity contribution >= 4 is 5.91 Å². The number of carbonyl (C=O) groups is 1. The molecule has 26 heavy (non-hydrogen) atoms. The van der Waals surface area contributed by atoms with Crippen LogP contribution in [0.25, 0.3) is 0 Å². The molecule has 2 rings (SSSR count). The predicted molar refractivity (Wildman–Crippen MR) is 99.2 cm³/mol.